The zero-order chi connectivity index (χ0) is 11.5. The van der Waals surface area contributed by atoms with Crippen LogP contribution in [0.2, 0.25) is 0 Å². The van der Waals surface area contributed by atoms with Gasteiger partial charge in [-0.05, 0) is 25.2 Å². The molecule has 0 amide bonds. The van der Waals surface area contributed by atoms with Gasteiger partial charge in [-0.15, -0.1) is 12.4 Å². The van der Waals surface area contributed by atoms with E-state index >= 15 is 0 Å². The first-order valence-corrected chi connectivity index (χ1v) is 5.57. The summed E-state index contributed by atoms with van der Waals surface area (Å²) in [4.78, 5) is 4.66. The number of methoxy groups -OCH3 is 1. The standard InChI is InChI=1S/C12H19N3O.ClH/c1-14-5-7-15(8-6-14)11-9-10(13)3-4-12(11)16-2;/h3-4,9H,5-8,13H2,1-2H3;1H. The predicted octanol–water partition coefficient (Wildman–Crippen LogP) is 1.45. The van der Waals surface area contributed by atoms with Crippen LogP contribution in [0, 0.1) is 0 Å². The third-order valence-corrected chi connectivity index (χ3v) is 3.05. The lowest BCUT2D eigenvalue weighted by Crippen LogP contribution is -2.44. The van der Waals surface area contributed by atoms with E-state index in [2.05, 4.69) is 16.8 Å². The number of nitrogens with two attached hydrogens (primary N) is 1. The molecule has 1 aromatic carbocycles. The summed E-state index contributed by atoms with van der Waals surface area (Å²) in [5, 5.41) is 0. The molecule has 0 spiro atoms. The Bertz CT molecular complexity index is 365. The van der Waals surface area contributed by atoms with Gasteiger partial charge in [0.2, 0.25) is 0 Å². The van der Waals surface area contributed by atoms with Crippen LogP contribution in [0.15, 0.2) is 18.2 Å². The summed E-state index contributed by atoms with van der Waals surface area (Å²) in [6.07, 6.45) is 0. The maximum atomic E-state index is 5.82. The molecule has 1 aliphatic heterocycles. The summed E-state index contributed by atoms with van der Waals surface area (Å²) in [5.41, 5.74) is 7.72. The minimum atomic E-state index is 0. The Kier molecular flexibility index (Phi) is 4.90. The number of hydrogen-bond acceptors (Lipinski definition) is 4. The summed E-state index contributed by atoms with van der Waals surface area (Å²) in [5.74, 6) is 0.902. The van der Waals surface area contributed by atoms with Crippen molar-refractivity contribution in [3.8, 4) is 5.75 Å². The minimum Gasteiger partial charge on any atom is -0.495 e. The molecule has 17 heavy (non-hydrogen) atoms. The van der Waals surface area contributed by atoms with Crippen molar-refractivity contribution >= 4 is 23.8 Å². The molecule has 0 aliphatic carbocycles. The number of rotatable bonds is 2. The van der Waals surface area contributed by atoms with Gasteiger partial charge in [0.05, 0.1) is 12.8 Å². The summed E-state index contributed by atoms with van der Waals surface area (Å²) < 4.78 is 5.37. The number of nitrogens with zero attached hydrogens (tertiary/aromatic N) is 2. The fourth-order valence-corrected chi connectivity index (χ4v) is 2.00. The van der Waals surface area contributed by atoms with Crippen molar-refractivity contribution < 1.29 is 4.74 Å². The highest BCUT2D eigenvalue weighted by atomic mass is 35.5. The van der Waals surface area contributed by atoms with Gasteiger partial charge in [0.15, 0.2) is 0 Å². The molecule has 96 valence electrons. The minimum absolute atomic E-state index is 0. The lowest BCUT2D eigenvalue weighted by molar-refractivity contribution is 0.311. The van der Waals surface area contributed by atoms with E-state index in [1.165, 1.54) is 0 Å². The molecule has 0 aromatic heterocycles. The van der Waals surface area contributed by atoms with Gasteiger partial charge < -0.3 is 20.3 Å². The van der Waals surface area contributed by atoms with Crippen molar-refractivity contribution in [1.29, 1.82) is 0 Å². The first-order valence-electron chi connectivity index (χ1n) is 5.57. The Morgan fingerprint density at radius 1 is 1.18 bits per heavy atom. The van der Waals surface area contributed by atoms with Crippen LogP contribution in [0.1, 0.15) is 0 Å². The van der Waals surface area contributed by atoms with Gasteiger partial charge in [0.25, 0.3) is 0 Å². The molecular weight excluding hydrogens is 238 g/mol. The van der Waals surface area contributed by atoms with Gasteiger partial charge in [0.1, 0.15) is 5.75 Å². The third-order valence-electron chi connectivity index (χ3n) is 3.05. The summed E-state index contributed by atoms with van der Waals surface area (Å²) >= 11 is 0. The highest BCUT2D eigenvalue weighted by Gasteiger charge is 2.17. The fourth-order valence-electron chi connectivity index (χ4n) is 2.00. The Labute approximate surface area is 109 Å². The van der Waals surface area contributed by atoms with E-state index in [1.807, 2.05) is 18.2 Å². The van der Waals surface area contributed by atoms with Crippen LogP contribution in [0.4, 0.5) is 11.4 Å². The maximum absolute atomic E-state index is 5.82. The lowest BCUT2D eigenvalue weighted by atomic mass is 10.2. The molecule has 5 heteroatoms. The van der Waals surface area contributed by atoms with E-state index in [0.717, 1.165) is 43.3 Å². The van der Waals surface area contributed by atoms with Gasteiger partial charge in [-0.25, -0.2) is 0 Å². The molecule has 2 rings (SSSR count). The van der Waals surface area contributed by atoms with Crippen LogP contribution >= 0.6 is 12.4 Å². The summed E-state index contributed by atoms with van der Waals surface area (Å²) in [6, 6.07) is 5.80. The zero-order valence-corrected chi connectivity index (χ0v) is 11.2. The summed E-state index contributed by atoms with van der Waals surface area (Å²) in [6.45, 7) is 4.21. The number of nitrogen functional groups attached to an aromatic ring is 1. The van der Waals surface area contributed by atoms with Crippen molar-refractivity contribution in [1.82, 2.24) is 4.90 Å². The van der Waals surface area contributed by atoms with Crippen LogP contribution < -0.4 is 15.4 Å². The molecule has 0 radical (unpaired) electrons. The van der Waals surface area contributed by atoms with Gasteiger partial charge in [-0.1, -0.05) is 0 Å². The second-order valence-corrected chi connectivity index (χ2v) is 4.22. The second kappa shape index (κ2) is 5.98. The van der Waals surface area contributed by atoms with Crippen molar-refractivity contribution in [2.75, 3.05) is 51.0 Å². The Hall–Kier alpha value is -1.13. The number of halogens is 1. The highest BCUT2D eigenvalue weighted by molar-refractivity contribution is 5.85. The number of likely N-dealkylation sites (N-methyl/N-ethyl adjacent to an activating group) is 1. The molecule has 0 unspecified atom stereocenters. The van der Waals surface area contributed by atoms with Crippen LogP contribution in [0.5, 0.6) is 5.75 Å². The normalized spacial score (nSPS) is 16.5. The lowest BCUT2D eigenvalue weighted by Gasteiger charge is -2.34. The smallest absolute Gasteiger partial charge is 0.142 e. The quantitative estimate of drug-likeness (QED) is 0.815. The molecule has 1 aromatic rings. The van der Waals surface area contributed by atoms with E-state index < -0.39 is 0 Å². The van der Waals surface area contributed by atoms with Crippen LogP contribution in [-0.2, 0) is 0 Å². The molecule has 1 saturated heterocycles. The van der Waals surface area contributed by atoms with Crippen molar-refractivity contribution in [2.24, 2.45) is 0 Å². The molecule has 0 atom stereocenters. The molecule has 1 heterocycles. The molecule has 0 bridgehead atoms. The van der Waals surface area contributed by atoms with E-state index in [1.54, 1.807) is 7.11 Å². The topological polar surface area (TPSA) is 41.7 Å². The third kappa shape index (κ3) is 3.17. The molecule has 1 fully saturated rings. The largest absolute Gasteiger partial charge is 0.495 e. The number of benzene rings is 1. The summed E-state index contributed by atoms with van der Waals surface area (Å²) in [7, 11) is 3.85. The second-order valence-electron chi connectivity index (χ2n) is 4.22. The molecule has 1 aliphatic rings. The van der Waals surface area contributed by atoms with Crippen LogP contribution in [-0.4, -0.2) is 45.2 Å². The number of hydrogen-bond donors (Lipinski definition) is 1. The average Bonchev–Trinajstić information content (AvgIpc) is 2.30. The Morgan fingerprint density at radius 3 is 2.41 bits per heavy atom. The predicted molar refractivity (Wildman–Crippen MR) is 74.4 cm³/mol. The molecule has 0 saturated carbocycles. The molecule has 4 nitrogen and oxygen atoms in total. The van der Waals surface area contributed by atoms with Crippen LogP contribution in [0.3, 0.4) is 0 Å². The monoisotopic (exact) mass is 257 g/mol. The fraction of sp³-hybridized carbons (Fsp3) is 0.500. The van der Waals surface area contributed by atoms with E-state index in [0.29, 0.717) is 0 Å². The number of anilines is 2. The average molecular weight is 258 g/mol. The van der Waals surface area contributed by atoms with Crippen molar-refractivity contribution in [3.63, 3.8) is 0 Å². The zero-order valence-electron chi connectivity index (χ0n) is 10.3. The number of ether oxygens (including phenoxy) is 1. The SMILES string of the molecule is COc1ccc(N)cc1N1CCN(C)CC1.Cl. The van der Waals surface area contributed by atoms with Crippen LogP contribution in [0.25, 0.3) is 0 Å². The van der Waals surface area contributed by atoms with E-state index in [-0.39, 0.29) is 12.4 Å². The first kappa shape index (κ1) is 13.9. The van der Waals surface area contributed by atoms with Crippen molar-refractivity contribution in [3.05, 3.63) is 18.2 Å². The van der Waals surface area contributed by atoms with E-state index in [9.17, 15) is 0 Å². The van der Waals surface area contributed by atoms with Gasteiger partial charge in [-0.3, -0.25) is 0 Å². The Balaban J connectivity index is 0.00000144. The number of piperazine rings is 1. The van der Waals surface area contributed by atoms with Crippen molar-refractivity contribution in [2.45, 2.75) is 0 Å². The highest BCUT2D eigenvalue weighted by Crippen LogP contribution is 2.30. The van der Waals surface area contributed by atoms with E-state index in [4.69, 9.17) is 10.5 Å². The first-order chi connectivity index (χ1) is 7.70. The van der Waals surface area contributed by atoms with Gasteiger partial charge in [-0.2, -0.15) is 0 Å². The molecular formula is C12H20ClN3O. The molecule has 2 N–H and O–H groups in total. The van der Waals surface area contributed by atoms with Gasteiger partial charge >= 0.3 is 0 Å². The van der Waals surface area contributed by atoms with Gasteiger partial charge in [0, 0.05) is 31.9 Å². The Morgan fingerprint density at radius 2 is 1.82 bits per heavy atom. The maximum Gasteiger partial charge on any atom is 0.142 e.